The molecule has 19 heavy (non-hydrogen) atoms. The molecule has 0 heterocycles. The lowest BCUT2D eigenvalue weighted by Crippen LogP contribution is -2.29. The van der Waals surface area contributed by atoms with Crippen LogP contribution in [0.4, 0.5) is 13.2 Å². The van der Waals surface area contributed by atoms with E-state index in [0.29, 0.717) is 6.42 Å². The van der Waals surface area contributed by atoms with Crippen molar-refractivity contribution in [1.29, 1.82) is 0 Å². The quantitative estimate of drug-likeness (QED) is 0.409. The van der Waals surface area contributed by atoms with Crippen molar-refractivity contribution < 1.29 is 32.2 Å². The predicted octanol–water partition coefficient (Wildman–Crippen LogP) is 2.77. The maximum Gasteiger partial charge on any atom is 0.490 e. The van der Waals surface area contributed by atoms with Gasteiger partial charge in [0.05, 0.1) is 7.11 Å². The second-order valence-corrected chi connectivity index (χ2v) is 3.82. The molecule has 0 fully saturated rings. The van der Waals surface area contributed by atoms with E-state index in [0.717, 1.165) is 32.1 Å². The van der Waals surface area contributed by atoms with Gasteiger partial charge in [-0.15, -0.1) is 0 Å². The molecule has 7 heteroatoms. The number of unbranched alkanes of at least 4 members (excludes halogenated alkanes) is 2. The average Bonchev–Trinajstić information content (AvgIpc) is 2.34. The van der Waals surface area contributed by atoms with Gasteiger partial charge in [-0.2, -0.15) is 13.2 Å². The summed E-state index contributed by atoms with van der Waals surface area (Å²) >= 11 is 0. The first-order valence-corrected chi connectivity index (χ1v) is 5.85. The number of esters is 2. The Morgan fingerprint density at radius 3 is 2.37 bits per heavy atom. The highest BCUT2D eigenvalue weighted by atomic mass is 19.4. The number of alkyl halides is 3. The van der Waals surface area contributed by atoms with Gasteiger partial charge in [-0.1, -0.05) is 19.8 Å². The molecule has 1 unspecified atom stereocenters. The van der Waals surface area contributed by atoms with Gasteiger partial charge in [0.25, 0.3) is 0 Å². The Balaban J connectivity index is 4.53. The van der Waals surface area contributed by atoms with Crippen LogP contribution in [0.2, 0.25) is 0 Å². The summed E-state index contributed by atoms with van der Waals surface area (Å²) in [5.41, 5.74) is 0. The smallest absolute Gasteiger partial charge is 0.466 e. The third-order valence-electron chi connectivity index (χ3n) is 2.23. The Labute approximate surface area is 109 Å². The lowest BCUT2D eigenvalue weighted by Gasteiger charge is -2.15. The minimum absolute atomic E-state index is 0.225. The summed E-state index contributed by atoms with van der Waals surface area (Å²) in [6.45, 7) is 1.93. The van der Waals surface area contributed by atoms with E-state index in [1.54, 1.807) is 0 Å². The molecule has 4 nitrogen and oxygen atoms in total. The van der Waals surface area contributed by atoms with Crippen LogP contribution in [0.25, 0.3) is 0 Å². The molecule has 0 aromatic carbocycles. The Kier molecular flexibility index (Phi) is 7.86. The van der Waals surface area contributed by atoms with E-state index in [-0.39, 0.29) is 6.42 Å². The normalized spacial score (nSPS) is 13.3. The number of carbonyl (C=O) groups is 2. The molecule has 0 aliphatic carbocycles. The fourth-order valence-electron chi connectivity index (χ4n) is 1.25. The molecule has 0 amide bonds. The molecule has 0 bridgehead atoms. The number of carbonyl (C=O) groups excluding carboxylic acids is 2. The number of ether oxygens (including phenoxy) is 2. The predicted molar refractivity (Wildman–Crippen MR) is 61.2 cm³/mol. The van der Waals surface area contributed by atoms with Crippen LogP contribution in [-0.2, 0) is 19.1 Å². The molecule has 0 aromatic rings. The highest BCUT2D eigenvalue weighted by Gasteiger charge is 2.41. The molecule has 0 spiro atoms. The van der Waals surface area contributed by atoms with Gasteiger partial charge in [0, 0.05) is 6.08 Å². The summed E-state index contributed by atoms with van der Waals surface area (Å²) in [4.78, 5) is 21.6. The van der Waals surface area contributed by atoms with Crippen molar-refractivity contribution in [3.8, 4) is 0 Å². The topological polar surface area (TPSA) is 52.6 Å². The molecular weight excluding hydrogens is 265 g/mol. The van der Waals surface area contributed by atoms with Crippen molar-refractivity contribution in [2.24, 2.45) is 0 Å². The van der Waals surface area contributed by atoms with Crippen LogP contribution in [0.15, 0.2) is 12.2 Å². The van der Waals surface area contributed by atoms with E-state index < -0.39 is 24.2 Å². The zero-order valence-electron chi connectivity index (χ0n) is 10.8. The van der Waals surface area contributed by atoms with Crippen LogP contribution >= 0.6 is 0 Å². The molecule has 0 aromatic heterocycles. The van der Waals surface area contributed by atoms with Crippen LogP contribution in [0, 0.1) is 0 Å². The Bertz CT molecular complexity index is 323. The number of hydrogen-bond acceptors (Lipinski definition) is 4. The van der Waals surface area contributed by atoms with E-state index in [1.165, 1.54) is 0 Å². The lowest BCUT2D eigenvalue weighted by atomic mass is 10.1. The molecule has 1 atom stereocenters. The Morgan fingerprint density at radius 1 is 1.26 bits per heavy atom. The van der Waals surface area contributed by atoms with Crippen molar-refractivity contribution in [2.75, 3.05) is 7.11 Å². The van der Waals surface area contributed by atoms with Crippen LogP contribution in [0.3, 0.4) is 0 Å². The van der Waals surface area contributed by atoms with Gasteiger partial charge in [0.1, 0.15) is 6.10 Å². The monoisotopic (exact) mass is 282 g/mol. The first-order valence-electron chi connectivity index (χ1n) is 5.85. The van der Waals surface area contributed by atoms with E-state index in [2.05, 4.69) is 9.47 Å². The zero-order valence-corrected chi connectivity index (χ0v) is 10.8. The molecule has 0 N–H and O–H groups in total. The maximum absolute atomic E-state index is 12.1. The van der Waals surface area contributed by atoms with Gasteiger partial charge < -0.3 is 9.47 Å². The van der Waals surface area contributed by atoms with Gasteiger partial charge >= 0.3 is 18.1 Å². The first kappa shape index (κ1) is 17.5. The van der Waals surface area contributed by atoms with Gasteiger partial charge in [0.15, 0.2) is 0 Å². The third kappa shape index (κ3) is 8.23. The molecule has 0 saturated heterocycles. The van der Waals surface area contributed by atoms with Crippen molar-refractivity contribution in [3.05, 3.63) is 12.2 Å². The van der Waals surface area contributed by atoms with Gasteiger partial charge in [0.2, 0.25) is 0 Å². The van der Waals surface area contributed by atoms with Crippen molar-refractivity contribution in [2.45, 2.75) is 44.9 Å². The van der Waals surface area contributed by atoms with E-state index in [1.807, 2.05) is 6.92 Å². The highest BCUT2D eigenvalue weighted by molar-refractivity contribution is 5.82. The number of hydrogen-bond donors (Lipinski definition) is 0. The minimum atomic E-state index is -5.04. The Hall–Kier alpha value is -1.53. The highest BCUT2D eigenvalue weighted by Crippen LogP contribution is 2.19. The molecule has 110 valence electrons. The SMILES string of the molecule is CCCCCC(/C=C/C(=O)OC)OC(=O)C(F)(F)F. The van der Waals surface area contributed by atoms with Crippen LogP contribution in [0.5, 0.6) is 0 Å². The summed E-state index contributed by atoms with van der Waals surface area (Å²) in [7, 11) is 1.14. The molecular formula is C12H17F3O4. The number of methoxy groups -OCH3 is 1. The average molecular weight is 282 g/mol. The summed E-state index contributed by atoms with van der Waals surface area (Å²) < 4.78 is 44.8. The first-order chi connectivity index (χ1) is 8.81. The van der Waals surface area contributed by atoms with Crippen LogP contribution in [0.1, 0.15) is 32.6 Å². The molecule has 0 aliphatic heterocycles. The van der Waals surface area contributed by atoms with E-state index >= 15 is 0 Å². The van der Waals surface area contributed by atoms with Gasteiger partial charge in [-0.25, -0.2) is 9.59 Å². The van der Waals surface area contributed by atoms with Crippen molar-refractivity contribution in [1.82, 2.24) is 0 Å². The van der Waals surface area contributed by atoms with Crippen molar-refractivity contribution in [3.63, 3.8) is 0 Å². The maximum atomic E-state index is 12.1. The molecule has 0 aliphatic rings. The second kappa shape index (κ2) is 8.55. The van der Waals surface area contributed by atoms with E-state index in [9.17, 15) is 22.8 Å². The Morgan fingerprint density at radius 2 is 1.89 bits per heavy atom. The summed E-state index contributed by atoms with van der Waals surface area (Å²) in [6, 6.07) is 0. The lowest BCUT2D eigenvalue weighted by molar-refractivity contribution is -0.203. The molecule has 0 radical (unpaired) electrons. The number of rotatable bonds is 7. The van der Waals surface area contributed by atoms with Crippen molar-refractivity contribution >= 4 is 11.9 Å². The van der Waals surface area contributed by atoms with Gasteiger partial charge in [-0.3, -0.25) is 0 Å². The minimum Gasteiger partial charge on any atom is -0.466 e. The zero-order chi connectivity index (χ0) is 14.9. The summed E-state index contributed by atoms with van der Waals surface area (Å²) in [5.74, 6) is -2.98. The third-order valence-corrected chi connectivity index (χ3v) is 2.23. The summed E-state index contributed by atoms with van der Waals surface area (Å²) in [6.07, 6.45) is -1.58. The van der Waals surface area contributed by atoms with Crippen LogP contribution in [-0.4, -0.2) is 31.3 Å². The van der Waals surface area contributed by atoms with Crippen LogP contribution < -0.4 is 0 Å². The molecule has 0 saturated carbocycles. The summed E-state index contributed by atoms with van der Waals surface area (Å²) in [5, 5.41) is 0. The second-order valence-electron chi connectivity index (χ2n) is 3.82. The molecule has 0 rings (SSSR count). The largest absolute Gasteiger partial charge is 0.490 e. The fourth-order valence-corrected chi connectivity index (χ4v) is 1.25. The number of halogens is 3. The standard InChI is InChI=1S/C12H17F3O4/c1-3-4-5-6-9(7-8-10(16)18-2)19-11(17)12(13,14)15/h7-9H,3-6H2,1-2H3/b8-7+. The fraction of sp³-hybridized carbons (Fsp3) is 0.667. The van der Waals surface area contributed by atoms with Gasteiger partial charge in [-0.05, 0) is 18.9 Å². The van der Waals surface area contributed by atoms with E-state index in [4.69, 9.17) is 0 Å².